The molecular formula is C12H18Cl2N2S. The Bertz CT molecular complexity index is 385. The quantitative estimate of drug-likeness (QED) is 0.827. The second-order valence-electron chi connectivity index (χ2n) is 3.95. The van der Waals surface area contributed by atoms with Crippen LogP contribution >= 0.6 is 35.0 Å². The van der Waals surface area contributed by atoms with E-state index in [2.05, 4.69) is 18.1 Å². The van der Waals surface area contributed by atoms with Crippen molar-refractivity contribution in [3.63, 3.8) is 0 Å². The molecule has 0 aliphatic carbocycles. The normalized spacial score (nSPS) is 12.5. The molecule has 0 aliphatic heterocycles. The average Bonchev–Trinajstić information content (AvgIpc) is 2.30. The summed E-state index contributed by atoms with van der Waals surface area (Å²) in [5.74, 6) is 1.06. The highest BCUT2D eigenvalue weighted by atomic mass is 35.5. The molecule has 1 aromatic rings. The minimum Gasteiger partial charge on any atom is -0.397 e. The summed E-state index contributed by atoms with van der Waals surface area (Å²) in [4.78, 5) is 2.17. The van der Waals surface area contributed by atoms with Gasteiger partial charge in [-0.25, -0.2) is 0 Å². The molecule has 17 heavy (non-hydrogen) atoms. The number of anilines is 2. The van der Waals surface area contributed by atoms with E-state index >= 15 is 0 Å². The number of nitrogens with zero attached hydrogens (tertiary/aromatic N) is 1. The van der Waals surface area contributed by atoms with Gasteiger partial charge in [0.05, 0.1) is 21.4 Å². The van der Waals surface area contributed by atoms with Crippen LogP contribution in [0.3, 0.4) is 0 Å². The Hall–Kier alpha value is -0.250. The molecule has 0 spiro atoms. The van der Waals surface area contributed by atoms with Crippen molar-refractivity contribution in [3.8, 4) is 0 Å². The Balaban J connectivity index is 3.02. The van der Waals surface area contributed by atoms with Gasteiger partial charge < -0.3 is 10.6 Å². The lowest BCUT2D eigenvalue weighted by molar-refractivity contribution is 0.674. The second kappa shape index (κ2) is 6.62. The lowest BCUT2D eigenvalue weighted by atomic mass is 10.2. The SMILES string of the molecule is CCC(CSC)N(C)c1cc(Cl)c(Cl)cc1N. The molecule has 5 heteroatoms. The molecule has 1 unspecified atom stereocenters. The number of rotatable bonds is 5. The standard InChI is InChI=1S/C12H18Cl2N2S/c1-4-8(7-17-3)16(2)12-6-10(14)9(13)5-11(12)15/h5-6,8H,4,7,15H2,1-3H3. The van der Waals surface area contributed by atoms with Gasteiger partial charge in [0.15, 0.2) is 0 Å². The molecule has 0 fully saturated rings. The highest BCUT2D eigenvalue weighted by Gasteiger charge is 2.16. The fourth-order valence-electron chi connectivity index (χ4n) is 1.75. The minimum atomic E-state index is 0.449. The van der Waals surface area contributed by atoms with Crippen LogP contribution in [0, 0.1) is 0 Å². The summed E-state index contributed by atoms with van der Waals surface area (Å²) in [6.07, 6.45) is 3.17. The molecule has 0 heterocycles. The van der Waals surface area contributed by atoms with E-state index in [4.69, 9.17) is 28.9 Å². The molecule has 0 amide bonds. The van der Waals surface area contributed by atoms with E-state index in [-0.39, 0.29) is 0 Å². The van der Waals surface area contributed by atoms with Crippen molar-refractivity contribution in [2.45, 2.75) is 19.4 Å². The van der Waals surface area contributed by atoms with Gasteiger partial charge in [0, 0.05) is 18.8 Å². The molecule has 2 nitrogen and oxygen atoms in total. The first-order valence-electron chi connectivity index (χ1n) is 5.47. The third-order valence-corrected chi connectivity index (χ3v) is 4.27. The van der Waals surface area contributed by atoms with Crippen molar-refractivity contribution in [1.82, 2.24) is 0 Å². The molecule has 0 bridgehead atoms. The van der Waals surface area contributed by atoms with Gasteiger partial charge in [0.1, 0.15) is 0 Å². The molecule has 0 saturated heterocycles. The van der Waals surface area contributed by atoms with Crippen molar-refractivity contribution in [2.24, 2.45) is 0 Å². The molecule has 0 saturated carbocycles. The average molecular weight is 293 g/mol. The third kappa shape index (κ3) is 3.60. The largest absolute Gasteiger partial charge is 0.397 e. The summed E-state index contributed by atoms with van der Waals surface area (Å²) < 4.78 is 0. The number of benzene rings is 1. The third-order valence-electron chi connectivity index (χ3n) is 2.83. The Kier molecular flexibility index (Phi) is 5.77. The number of nitrogen functional groups attached to an aromatic ring is 1. The molecular weight excluding hydrogens is 275 g/mol. The number of halogens is 2. The fourth-order valence-corrected chi connectivity index (χ4v) is 2.92. The van der Waals surface area contributed by atoms with Crippen LogP contribution in [0.5, 0.6) is 0 Å². The molecule has 96 valence electrons. The van der Waals surface area contributed by atoms with Gasteiger partial charge in [-0.2, -0.15) is 11.8 Å². The number of nitrogens with two attached hydrogens (primary N) is 1. The minimum absolute atomic E-state index is 0.449. The van der Waals surface area contributed by atoms with Gasteiger partial charge >= 0.3 is 0 Å². The Morgan fingerprint density at radius 1 is 1.35 bits per heavy atom. The Morgan fingerprint density at radius 2 is 1.94 bits per heavy atom. The summed E-state index contributed by atoms with van der Waals surface area (Å²) >= 11 is 13.8. The summed E-state index contributed by atoms with van der Waals surface area (Å²) in [7, 11) is 2.04. The van der Waals surface area contributed by atoms with Crippen molar-refractivity contribution >= 4 is 46.3 Å². The van der Waals surface area contributed by atoms with Crippen LogP contribution in [0.4, 0.5) is 11.4 Å². The van der Waals surface area contributed by atoms with E-state index in [0.717, 1.165) is 17.9 Å². The maximum Gasteiger partial charge on any atom is 0.0616 e. The highest BCUT2D eigenvalue weighted by molar-refractivity contribution is 7.98. The van der Waals surface area contributed by atoms with Crippen LogP contribution in [0.15, 0.2) is 12.1 Å². The van der Waals surface area contributed by atoms with Gasteiger partial charge in [-0.15, -0.1) is 0 Å². The van der Waals surface area contributed by atoms with Crippen molar-refractivity contribution in [2.75, 3.05) is 29.7 Å². The monoisotopic (exact) mass is 292 g/mol. The molecule has 0 aliphatic rings. The van der Waals surface area contributed by atoms with E-state index in [1.165, 1.54) is 0 Å². The van der Waals surface area contributed by atoms with Gasteiger partial charge in [0.2, 0.25) is 0 Å². The molecule has 2 N–H and O–H groups in total. The molecule has 1 rings (SSSR count). The molecule has 0 radical (unpaired) electrons. The predicted octanol–water partition coefficient (Wildman–Crippen LogP) is 4.15. The van der Waals surface area contributed by atoms with E-state index in [9.17, 15) is 0 Å². The topological polar surface area (TPSA) is 29.3 Å². The molecule has 1 atom stereocenters. The summed E-state index contributed by atoms with van der Waals surface area (Å²) in [6, 6.07) is 3.99. The van der Waals surface area contributed by atoms with E-state index in [1.54, 1.807) is 6.07 Å². The number of hydrogen-bond acceptors (Lipinski definition) is 3. The van der Waals surface area contributed by atoms with Gasteiger partial charge in [-0.3, -0.25) is 0 Å². The molecule has 1 aromatic carbocycles. The van der Waals surface area contributed by atoms with Gasteiger partial charge in [-0.1, -0.05) is 30.1 Å². The van der Waals surface area contributed by atoms with Crippen LogP contribution < -0.4 is 10.6 Å². The highest BCUT2D eigenvalue weighted by Crippen LogP contribution is 2.33. The van der Waals surface area contributed by atoms with Gasteiger partial charge in [-0.05, 0) is 24.8 Å². The first-order valence-corrected chi connectivity index (χ1v) is 7.62. The second-order valence-corrected chi connectivity index (χ2v) is 5.68. The summed E-state index contributed by atoms with van der Waals surface area (Å²) in [6.45, 7) is 2.17. The Morgan fingerprint density at radius 3 is 2.47 bits per heavy atom. The van der Waals surface area contributed by atoms with Crippen LogP contribution in [0.2, 0.25) is 10.0 Å². The fraction of sp³-hybridized carbons (Fsp3) is 0.500. The number of thioether (sulfide) groups is 1. The van der Waals surface area contributed by atoms with Crippen LogP contribution in [0.25, 0.3) is 0 Å². The summed E-state index contributed by atoms with van der Waals surface area (Å²) in [5.41, 5.74) is 7.60. The first kappa shape index (κ1) is 14.8. The van der Waals surface area contributed by atoms with Crippen molar-refractivity contribution in [1.29, 1.82) is 0 Å². The smallest absolute Gasteiger partial charge is 0.0616 e. The van der Waals surface area contributed by atoms with Crippen LogP contribution in [0.1, 0.15) is 13.3 Å². The van der Waals surface area contributed by atoms with Crippen LogP contribution in [-0.2, 0) is 0 Å². The van der Waals surface area contributed by atoms with Crippen molar-refractivity contribution in [3.05, 3.63) is 22.2 Å². The van der Waals surface area contributed by atoms with E-state index < -0.39 is 0 Å². The summed E-state index contributed by atoms with van der Waals surface area (Å²) in [5, 5.41) is 1.04. The first-order chi connectivity index (χ1) is 8.01. The zero-order valence-electron chi connectivity index (χ0n) is 10.3. The van der Waals surface area contributed by atoms with Crippen LogP contribution in [-0.4, -0.2) is 25.1 Å². The van der Waals surface area contributed by atoms with E-state index in [1.807, 2.05) is 24.9 Å². The predicted molar refractivity (Wildman–Crippen MR) is 81.7 cm³/mol. The Labute approximate surface area is 117 Å². The van der Waals surface area contributed by atoms with E-state index in [0.29, 0.717) is 21.8 Å². The zero-order valence-corrected chi connectivity index (χ0v) is 12.7. The lowest BCUT2D eigenvalue weighted by Crippen LogP contribution is -2.33. The maximum atomic E-state index is 6.04. The maximum absolute atomic E-state index is 6.04. The lowest BCUT2D eigenvalue weighted by Gasteiger charge is -2.30. The number of hydrogen-bond donors (Lipinski definition) is 1. The van der Waals surface area contributed by atoms with Gasteiger partial charge in [0.25, 0.3) is 0 Å². The zero-order chi connectivity index (χ0) is 13.0. The van der Waals surface area contributed by atoms with Crippen molar-refractivity contribution < 1.29 is 0 Å². The molecule has 0 aromatic heterocycles.